The smallest absolute Gasteiger partial charge is 0.360 e. The van der Waals surface area contributed by atoms with Crippen molar-refractivity contribution in [2.24, 2.45) is 0 Å². The molecule has 78 valence electrons. The van der Waals surface area contributed by atoms with Crippen LogP contribution >= 0.6 is 0 Å². The van der Waals surface area contributed by atoms with Gasteiger partial charge >= 0.3 is 5.97 Å². The number of hydrogen-bond donors (Lipinski definition) is 0. The molecule has 0 unspecified atom stereocenters. The average Bonchev–Trinajstić information content (AvgIpc) is 2.63. The summed E-state index contributed by atoms with van der Waals surface area (Å²) in [7, 11) is 1.59. The van der Waals surface area contributed by atoms with Gasteiger partial charge in [0, 0.05) is 7.11 Å². The molecule has 14 heavy (non-hydrogen) atoms. The molecule has 0 N–H and O–H groups in total. The van der Waals surface area contributed by atoms with E-state index in [1.54, 1.807) is 14.0 Å². The first kappa shape index (κ1) is 10.6. The number of hydrogen-bond acceptors (Lipinski definition) is 5. The Labute approximate surface area is 81.8 Å². The quantitative estimate of drug-likeness (QED) is 0.629. The minimum absolute atomic E-state index is 0.225. The highest BCUT2D eigenvalue weighted by molar-refractivity contribution is 5.86. The molecule has 0 radical (unpaired) electrons. The average molecular weight is 199 g/mol. The molecular weight excluding hydrogens is 186 g/mol. The van der Waals surface area contributed by atoms with Crippen LogP contribution in [0.2, 0.25) is 0 Å². The Kier molecular flexibility index (Phi) is 4.06. The molecule has 0 bridgehead atoms. The number of nitrogens with zero attached hydrogens (tertiary/aromatic N) is 3. The summed E-state index contributed by atoms with van der Waals surface area (Å²) in [6, 6.07) is 0. The van der Waals surface area contributed by atoms with Crippen molar-refractivity contribution in [2.45, 2.75) is 13.5 Å². The molecule has 0 saturated heterocycles. The van der Waals surface area contributed by atoms with Crippen molar-refractivity contribution in [3.63, 3.8) is 0 Å². The molecule has 1 rings (SSSR count). The molecule has 0 saturated carbocycles. The molecule has 6 nitrogen and oxygen atoms in total. The number of ether oxygens (including phenoxy) is 2. The minimum atomic E-state index is -0.448. The summed E-state index contributed by atoms with van der Waals surface area (Å²) in [5, 5.41) is 7.80. The van der Waals surface area contributed by atoms with Crippen LogP contribution in [0, 0.1) is 0 Å². The third-order valence-corrected chi connectivity index (χ3v) is 1.52. The Morgan fingerprint density at radius 3 is 3.07 bits per heavy atom. The van der Waals surface area contributed by atoms with Crippen LogP contribution in [-0.2, 0) is 16.0 Å². The van der Waals surface area contributed by atoms with Crippen LogP contribution in [0.25, 0.3) is 0 Å². The lowest BCUT2D eigenvalue weighted by atomic mass is 10.5. The Morgan fingerprint density at radius 2 is 2.43 bits per heavy atom. The molecule has 0 aliphatic rings. The molecule has 1 aromatic rings. The second-order valence-electron chi connectivity index (χ2n) is 2.54. The third-order valence-electron chi connectivity index (χ3n) is 1.52. The Hall–Kier alpha value is -1.43. The highest BCUT2D eigenvalue weighted by Crippen LogP contribution is 1.95. The Balaban J connectivity index is 2.54. The zero-order valence-corrected chi connectivity index (χ0v) is 8.27. The normalized spacial score (nSPS) is 10.1. The van der Waals surface area contributed by atoms with E-state index in [0.29, 0.717) is 19.8 Å². The first-order valence-corrected chi connectivity index (χ1v) is 4.34. The van der Waals surface area contributed by atoms with Gasteiger partial charge in [0.05, 0.1) is 26.0 Å². The molecule has 0 fully saturated rings. The largest absolute Gasteiger partial charge is 0.461 e. The maximum Gasteiger partial charge on any atom is 0.360 e. The van der Waals surface area contributed by atoms with Crippen molar-refractivity contribution < 1.29 is 14.3 Å². The van der Waals surface area contributed by atoms with Gasteiger partial charge in [-0.15, -0.1) is 5.10 Å². The Bertz CT molecular complexity index is 298. The lowest BCUT2D eigenvalue weighted by Crippen LogP contribution is -2.10. The van der Waals surface area contributed by atoms with Crippen molar-refractivity contribution in [3.05, 3.63) is 11.9 Å². The zero-order valence-electron chi connectivity index (χ0n) is 8.27. The first-order valence-electron chi connectivity index (χ1n) is 4.34. The van der Waals surface area contributed by atoms with Gasteiger partial charge in [0.2, 0.25) is 0 Å². The van der Waals surface area contributed by atoms with Crippen LogP contribution in [0.3, 0.4) is 0 Å². The standard InChI is InChI=1S/C8H13N3O3/c1-3-14-8(12)7-6-9-11(10-7)4-5-13-2/h6H,3-5H2,1-2H3. The van der Waals surface area contributed by atoms with E-state index in [2.05, 4.69) is 10.2 Å². The lowest BCUT2D eigenvalue weighted by Gasteiger charge is -1.97. The molecule has 0 spiro atoms. The van der Waals surface area contributed by atoms with Gasteiger partial charge in [-0.05, 0) is 6.92 Å². The van der Waals surface area contributed by atoms with E-state index in [9.17, 15) is 4.79 Å². The van der Waals surface area contributed by atoms with Gasteiger partial charge in [-0.25, -0.2) is 4.79 Å². The summed E-state index contributed by atoms with van der Waals surface area (Å²) in [4.78, 5) is 12.6. The van der Waals surface area contributed by atoms with Crippen molar-refractivity contribution in [2.75, 3.05) is 20.3 Å². The summed E-state index contributed by atoms with van der Waals surface area (Å²) >= 11 is 0. The topological polar surface area (TPSA) is 66.2 Å². The van der Waals surface area contributed by atoms with Gasteiger partial charge < -0.3 is 9.47 Å². The van der Waals surface area contributed by atoms with Gasteiger partial charge in [-0.3, -0.25) is 0 Å². The lowest BCUT2D eigenvalue weighted by molar-refractivity contribution is 0.0518. The number of aromatic nitrogens is 3. The second kappa shape index (κ2) is 5.33. The fourth-order valence-electron chi connectivity index (χ4n) is 0.877. The van der Waals surface area contributed by atoms with Gasteiger partial charge in [0.1, 0.15) is 0 Å². The van der Waals surface area contributed by atoms with E-state index < -0.39 is 5.97 Å². The van der Waals surface area contributed by atoms with Crippen LogP contribution in [-0.4, -0.2) is 41.3 Å². The summed E-state index contributed by atoms with van der Waals surface area (Å²) in [5.74, 6) is -0.448. The van der Waals surface area contributed by atoms with Gasteiger partial charge in [0.25, 0.3) is 0 Å². The van der Waals surface area contributed by atoms with Crippen molar-refractivity contribution >= 4 is 5.97 Å². The molecule has 0 aliphatic heterocycles. The molecule has 0 aliphatic carbocycles. The number of rotatable bonds is 5. The molecule has 0 atom stereocenters. The van der Waals surface area contributed by atoms with Crippen molar-refractivity contribution in [1.82, 2.24) is 15.0 Å². The van der Waals surface area contributed by atoms with Crippen LogP contribution < -0.4 is 0 Å². The van der Waals surface area contributed by atoms with E-state index in [1.165, 1.54) is 11.0 Å². The van der Waals surface area contributed by atoms with E-state index >= 15 is 0 Å². The maximum atomic E-state index is 11.2. The molecule has 1 heterocycles. The monoisotopic (exact) mass is 199 g/mol. The van der Waals surface area contributed by atoms with Crippen molar-refractivity contribution in [3.8, 4) is 0 Å². The van der Waals surface area contributed by atoms with Crippen molar-refractivity contribution in [1.29, 1.82) is 0 Å². The van der Waals surface area contributed by atoms with Crippen LogP contribution in [0.5, 0.6) is 0 Å². The number of esters is 1. The summed E-state index contributed by atoms with van der Waals surface area (Å²) in [6.07, 6.45) is 1.38. The summed E-state index contributed by atoms with van der Waals surface area (Å²) < 4.78 is 9.61. The second-order valence-corrected chi connectivity index (χ2v) is 2.54. The van der Waals surface area contributed by atoms with Crippen LogP contribution in [0.15, 0.2) is 6.20 Å². The van der Waals surface area contributed by atoms with Crippen LogP contribution in [0.4, 0.5) is 0 Å². The zero-order chi connectivity index (χ0) is 10.4. The van der Waals surface area contributed by atoms with Gasteiger partial charge in [0.15, 0.2) is 5.69 Å². The van der Waals surface area contributed by atoms with Gasteiger partial charge in [-0.2, -0.15) is 9.90 Å². The fraction of sp³-hybridized carbons (Fsp3) is 0.625. The Morgan fingerprint density at radius 1 is 1.64 bits per heavy atom. The predicted molar refractivity (Wildman–Crippen MR) is 47.9 cm³/mol. The first-order chi connectivity index (χ1) is 6.77. The number of methoxy groups -OCH3 is 1. The molecule has 6 heteroatoms. The highest BCUT2D eigenvalue weighted by atomic mass is 16.5. The number of carbonyl (C=O) groups excluding carboxylic acids is 1. The highest BCUT2D eigenvalue weighted by Gasteiger charge is 2.10. The molecule has 0 aromatic carbocycles. The van der Waals surface area contributed by atoms with E-state index in [-0.39, 0.29) is 5.69 Å². The summed E-state index contributed by atoms with van der Waals surface area (Å²) in [6.45, 7) is 3.11. The predicted octanol–water partition coefficient (Wildman–Crippen LogP) is 0.101. The van der Waals surface area contributed by atoms with E-state index in [1.807, 2.05) is 0 Å². The summed E-state index contributed by atoms with van der Waals surface area (Å²) in [5.41, 5.74) is 0.225. The van der Waals surface area contributed by atoms with Gasteiger partial charge in [-0.1, -0.05) is 0 Å². The van der Waals surface area contributed by atoms with E-state index in [0.717, 1.165) is 0 Å². The molecule has 1 aromatic heterocycles. The van der Waals surface area contributed by atoms with Crippen LogP contribution in [0.1, 0.15) is 17.4 Å². The minimum Gasteiger partial charge on any atom is -0.461 e. The number of carbonyl (C=O) groups is 1. The maximum absolute atomic E-state index is 11.2. The fourth-order valence-corrected chi connectivity index (χ4v) is 0.877. The molecular formula is C8H13N3O3. The SMILES string of the molecule is CCOC(=O)c1cnn(CCOC)n1. The third kappa shape index (κ3) is 2.81. The van der Waals surface area contributed by atoms with E-state index in [4.69, 9.17) is 9.47 Å². The molecule has 0 amide bonds.